The number of rotatable bonds is 5. The van der Waals surface area contributed by atoms with Crippen molar-refractivity contribution >= 4 is 5.95 Å². The Kier molecular flexibility index (Phi) is 5.65. The maximum atomic E-state index is 5.49. The molecule has 150 valence electrons. The lowest BCUT2D eigenvalue weighted by atomic mass is 9.99. The van der Waals surface area contributed by atoms with Crippen molar-refractivity contribution in [1.82, 2.24) is 9.97 Å². The van der Waals surface area contributed by atoms with E-state index in [-0.39, 0.29) is 0 Å². The molecular weight excluding hydrogens is 362 g/mol. The third-order valence-electron chi connectivity index (χ3n) is 5.53. The van der Waals surface area contributed by atoms with E-state index in [1.165, 1.54) is 12.8 Å². The summed E-state index contributed by atoms with van der Waals surface area (Å²) < 4.78 is 10.9. The van der Waals surface area contributed by atoms with E-state index in [1.54, 1.807) is 14.2 Å². The van der Waals surface area contributed by atoms with Gasteiger partial charge in [-0.2, -0.15) is 0 Å². The minimum atomic E-state index is 0.693. The number of methoxy groups -OCH3 is 2. The van der Waals surface area contributed by atoms with Gasteiger partial charge in [0.05, 0.1) is 25.6 Å². The van der Waals surface area contributed by atoms with Crippen LogP contribution in [0.15, 0.2) is 54.6 Å². The topological polar surface area (TPSA) is 47.5 Å². The van der Waals surface area contributed by atoms with Crippen LogP contribution in [0.3, 0.4) is 0 Å². The molecule has 4 rings (SSSR count). The molecule has 3 aromatic rings. The molecule has 5 nitrogen and oxygen atoms in total. The average Bonchev–Trinajstić information content (AvgIpc) is 2.79. The first-order valence-electron chi connectivity index (χ1n) is 10.1. The molecule has 0 radical (unpaired) electrons. The van der Waals surface area contributed by atoms with Gasteiger partial charge in [0, 0.05) is 24.2 Å². The minimum absolute atomic E-state index is 0.693. The highest BCUT2D eigenvalue weighted by atomic mass is 16.5. The second-order valence-electron chi connectivity index (χ2n) is 7.54. The summed E-state index contributed by atoms with van der Waals surface area (Å²) in [5.41, 5.74) is 3.88. The quantitative estimate of drug-likeness (QED) is 0.610. The molecular formula is C24H27N3O2. The Labute approximate surface area is 172 Å². The molecule has 5 heteroatoms. The Bertz CT molecular complexity index is 967. The number of anilines is 1. The first-order valence-corrected chi connectivity index (χ1v) is 10.1. The summed E-state index contributed by atoms with van der Waals surface area (Å²) in [6, 6.07) is 18.2. The van der Waals surface area contributed by atoms with E-state index in [0.29, 0.717) is 11.5 Å². The molecule has 0 spiro atoms. The monoisotopic (exact) mass is 389 g/mol. The van der Waals surface area contributed by atoms with Crippen LogP contribution in [0.5, 0.6) is 11.5 Å². The average molecular weight is 389 g/mol. The second-order valence-corrected chi connectivity index (χ2v) is 7.54. The van der Waals surface area contributed by atoms with Crippen LogP contribution in [0, 0.1) is 5.92 Å². The predicted octanol–water partition coefficient (Wildman–Crippen LogP) is 5.06. The maximum Gasteiger partial charge on any atom is 0.226 e. The van der Waals surface area contributed by atoms with E-state index in [0.717, 1.165) is 47.5 Å². The highest BCUT2D eigenvalue weighted by Crippen LogP contribution is 2.34. The number of ether oxygens (including phenoxy) is 2. The summed E-state index contributed by atoms with van der Waals surface area (Å²) in [7, 11) is 3.29. The Balaban J connectivity index is 1.79. The number of hydrogen-bond acceptors (Lipinski definition) is 5. The Morgan fingerprint density at radius 2 is 1.45 bits per heavy atom. The highest BCUT2D eigenvalue weighted by Gasteiger charge is 2.20. The van der Waals surface area contributed by atoms with Gasteiger partial charge in [0.1, 0.15) is 0 Å². The van der Waals surface area contributed by atoms with Crippen LogP contribution in [0.4, 0.5) is 5.95 Å². The lowest BCUT2D eigenvalue weighted by Crippen LogP contribution is -2.34. The maximum absolute atomic E-state index is 5.49. The molecule has 0 unspecified atom stereocenters. The molecule has 0 atom stereocenters. The van der Waals surface area contributed by atoms with E-state index in [4.69, 9.17) is 19.4 Å². The molecule has 1 saturated heterocycles. The van der Waals surface area contributed by atoms with Gasteiger partial charge < -0.3 is 14.4 Å². The zero-order chi connectivity index (χ0) is 20.2. The van der Waals surface area contributed by atoms with Crippen molar-refractivity contribution in [3.05, 3.63) is 54.6 Å². The third kappa shape index (κ3) is 4.19. The number of hydrogen-bond donors (Lipinski definition) is 0. The zero-order valence-electron chi connectivity index (χ0n) is 17.3. The molecule has 0 aliphatic carbocycles. The van der Waals surface area contributed by atoms with Crippen molar-refractivity contribution < 1.29 is 9.47 Å². The van der Waals surface area contributed by atoms with E-state index in [2.05, 4.69) is 24.0 Å². The summed E-state index contributed by atoms with van der Waals surface area (Å²) in [5.74, 6) is 2.95. The second kappa shape index (κ2) is 8.52. The van der Waals surface area contributed by atoms with Gasteiger partial charge in [0.25, 0.3) is 0 Å². The molecule has 29 heavy (non-hydrogen) atoms. The molecule has 2 aromatic carbocycles. The normalized spacial score (nSPS) is 14.7. The van der Waals surface area contributed by atoms with Crippen molar-refractivity contribution in [2.45, 2.75) is 19.8 Å². The summed E-state index contributed by atoms with van der Waals surface area (Å²) >= 11 is 0. The number of piperidine rings is 1. The van der Waals surface area contributed by atoms with Crippen LogP contribution < -0.4 is 14.4 Å². The first kappa shape index (κ1) is 19.2. The fraction of sp³-hybridized carbons (Fsp3) is 0.333. The standard InChI is InChI=1S/C24H27N3O2/c1-17-11-13-27(14-12-17)24-25-20(18-7-5-4-6-8-18)16-21(26-24)19-9-10-22(28-2)23(15-19)29-3/h4-10,15-17H,11-14H2,1-3H3. The van der Waals surface area contributed by atoms with Gasteiger partial charge in [0.2, 0.25) is 5.95 Å². The minimum Gasteiger partial charge on any atom is -0.493 e. The highest BCUT2D eigenvalue weighted by molar-refractivity contribution is 5.71. The predicted molar refractivity (Wildman–Crippen MR) is 117 cm³/mol. The van der Waals surface area contributed by atoms with Crippen LogP contribution >= 0.6 is 0 Å². The smallest absolute Gasteiger partial charge is 0.226 e. The Hall–Kier alpha value is -3.08. The van der Waals surface area contributed by atoms with Crippen LogP contribution in [0.25, 0.3) is 22.5 Å². The lowest BCUT2D eigenvalue weighted by molar-refractivity contribution is 0.355. The molecule has 2 heterocycles. The van der Waals surface area contributed by atoms with E-state index >= 15 is 0 Å². The van der Waals surface area contributed by atoms with Crippen molar-refractivity contribution in [2.75, 3.05) is 32.2 Å². The van der Waals surface area contributed by atoms with Crippen LogP contribution in [-0.2, 0) is 0 Å². The lowest BCUT2D eigenvalue weighted by Gasteiger charge is -2.30. The van der Waals surface area contributed by atoms with E-state index < -0.39 is 0 Å². The molecule has 0 N–H and O–H groups in total. The Morgan fingerprint density at radius 3 is 2.10 bits per heavy atom. The van der Waals surface area contributed by atoms with Gasteiger partial charge in [-0.05, 0) is 43.0 Å². The molecule has 0 saturated carbocycles. The van der Waals surface area contributed by atoms with Crippen molar-refractivity contribution in [3.63, 3.8) is 0 Å². The van der Waals surface area contributed by atoms with Crippen LogP contribution in [0.1, 0.15) is 19.8 Å². The molecule has 1 aliphatic rings. The number of nitrogens with zero attached hydrogens (tertiary/aromatic N) is 3. The van der Waals surface area contributed by atoms with Gasteiger partial charge in [0.15, 0.2) is 11.5 Å². The van der Waals surface area contributed by atoms with Crippen LogP contribution in [0.2, 0.25) is 0 Å². The molecule has 1 fully saturated rings. The third-order valence-corrected chi connectivity index (χ3v) is 5.53. The Morgan fingerprint density at radius 1 is 0.793 bits per heavy atom. The largest absolute Gasteiger partial charge is 0.493 e. The van der Waals surface area contributed by atoms with E-state index in [1.807, 2.05) is 42.5 Å². The molecule has 1 aromatic heterocycles. The molecule has 0 amide bonds. The first-order chi connectivity index (χ1) is 14.2. The van der Waals surface area contributed by atoms with Crippen molar-refractivity contribution in [3.8, 4) is 34.0 Å². The number of aromatic nitrogens is 2. The molecule has 1 aliphatic heterocycles. The van der Waals surface area contributed by atoms with Crippen LogP contribution in [-0.4, -0.2) is 37.3 Å². The van der Waals surface area contributed by atoms with Gasteiger partial charge in [-0.25, -0.2) is 9.97 Å². The van der Waals surface area contributed by atoms with E-state index in [9.17, 15) is 0 Å². The summed E-state index contributed by atoms with van der Waals surface area (Å²) in [6.45, 7) is 4.29. The van der Waals surface area contributed by atoms with Gasteiger partial charge in [-0.1, -0.05) is 37.3 Å². The summed E-state index contributed by atoms with van der Waals surface area (Å²) in [5, 5.41) is 0. The van der Waals surface area contributed by atoms with Gasteiger partial charge in [-0.3, -0.25) is 0 Å². The van der Waals surface area contributed by atoms with Gasteiger partial charge in [-0.15, -0.1) is 0 Å². The summed E-state index contributed by atoms with van der Waals surface area (Å²) in [6.07, 6.45) is 2.34. The van der Waals surface area contributed by atoms with Gasteiger partial charge >= 0.3 is 0 Å². The van der Waals surface area contributed by atoms with Crippen molar-refractivity contribution in [2.24, 2.45) is 5.92 Å². The number of benzene rings is 2. The zero-order valence-corrected chi connectivity index (χ0v) is 17.3. The molecule has 0 bridgehead atoms. The summed E-state index contributed by atoms with van der Waals surface area (Å²) in [4.78, 5) is 12.1. The fourth-order valence-corrected chi connectivity index (χ4v) is 3.68. The SMILES string of the molecule is COc1ccc(-c2cc(-c3ccccc3)nc(N3CCC(C)CC3)n2)cc1OC. The fourth-order valence-electron chi connectivity index (χ4n) is 3.68. The van der Waals surface area contributed by atoms with Crippen molar-refractivity contribution in [1.29, 1.82) is 0 Å².